The van der Waals surface area contributed by atoms with Crippen LogP contribution in [0.15, 0.2) is 30.5 Å². The van der Waals surface area contributed by atoms with Crippen molar-refractivity contribution in [3.63, 3.8) is 0 Å². The molecular weight excluding hydrogens is 428 g/mol. The third-order valence-electron chi connectivity index (χ3n) is 4.80. The summed E-state index contributed by atoms with van der Waals surface area (Å²) in [5.41, 5.74) is 2.41. The Bertz CT molecular complexity index is 1170. The van der Waals surface area contributed by atoms with Crippen LogP contribution in [-0.2, 0) is 27.8 Å². The molecule has 0 aliphatic heterocycles. The molecule has 0 aliphatic rings. The molecule has 0 saturated carbocycles. The second-order valence-electron chi connectivity index (χ2n) is 7.06. The number of benzene rings is 1. The standard InChI is InChI=1S/C20H25ClN4O4S/c1-4-5-10-22-20(26)29-30(27,28)12-9-17-14(2)23-24(3)19(17)25-11-8-15-13-16(21)6-7-18(15)25/h6-8,11,13H,4-5,9-10,12H2,1-3H3,(H,22,26). The summed E-state index contributed by atoms with van der Waals surface area (Å²) in [5.74, 6) is 0.422. The van der Waals surface area contributed by atoms with E-state index >= 15 is 0 Å². The van der Waals surface area contributed by atoms with Crippen LogP contribution in [0.2, 0.25) is 5.02 Å². The number of nitrogens with one attached hydrogen (secondary N) is 1. The first-order valence-electron chi connectivity index (χ1n) is 9.71. The highest BCUT2D eigenvalue weighted by Gasteiger charge is 2.22. The number of unbranched alkanes of at least 4 members (excludes halogenated alkanes) is 1. The van der Waals surface area contributed by atoms with E-state index in [9.17, 15) is 13.2 Å². The van der Waals surface area contributed by atoms with Crippen LogP contribution in [0.25, 0.3) is 16.7 Å². The number of hydrogen-bond acceptors (Lipinski definition) is 5. The van der Waals surface area contributed by atoms with Crippen LogP contribution < -0.4 is 5.32 Å². The van der Waals surface area contributed by atoms with Crippen LogP contribution in [0.3, 0.4) is 0 Å². The minimum Gasteiger partial charge on any atom is -0.328 e. The van der Waals surface area contributed by atoms with Crippen molar-refractivity contribution in [3.05, 3.63) is 46.7 Å². The zero-order chi connectivity index (χ0) is 21.9. The van der Waals surface area contributed by atoms with Crippen molar-refractivity contribution < 1.29 is 17.4 Å². The second-order valence-corrected chi connectivity index (χ2v) is 9.19. The predicted octanol–water partition coefficient (Wildman–Crippen LogP) is 3.72. The number of carbonyl (C=O) groups excluding carboxylic acids is 1. The van der Waals surface area contributed by atoms with E-state index in [1.165, 1.54) is 0 Å². The summed E-state index contributed by atoms with van der Waals surface area (Å²) in [4.78, 5) is 11.7. The van der Waals surface area contributed by atoms with E-state index in [0.29, 0.717) is 17.3 Å². The van der Waals surface area contributed by atoms with Gasteiger partial charge in [0, 0.05) is 35.8 Å². The van der Waals surface area contributed by atoms with Gasteiger partial charge in [-0.25, -0.2) is 4.79 Å². The number of amides is 1. The topological polar surface area (TPSA) is 95.2 Å². The summed E-state index contributed by atoms with van der Waals surface area (Å²) in [6, 6.07) is 7.52. The molecule has 2 heterocycles. The van der Waals surface area contributed by atoms with Gasteiger partial charge in [-0.2, -0.15) is 13.5 Å². The first kappa shape index (κ1) is 22.2. The average Bonchev–Trinajstić information content (AvgIpc) is 3.18. The summed E-state index contributed by atoms with van der Waals surface area (Å²) >= 11 is 6.08. The highest BCUT2D eigenvalue weighted by molar-refractivity contribution is 7.87. The van der Waals surface area contributed by atoms with Gasteiger partial charge in [-0.05, 0) is 44.0 Å². The molecule has 1 N–H and O–H groups in total. The lowest BCUT2D eigenvalue weighted by molar-refractivity contribution is 0.202. The SMILES string of the molecule is CCCCNC(=O)OS(=O)(=O)CCc1c(C)nn(C)c1-n1ccc2cc(Cl)ccc21. The fraction of sp³-hybridized carbons (Fsp3) is 0.400. The first-order valence-corrected chi connectivity index (χ1v) is 11.7. The molecule has 0 unspecified atom stereocenters. The molecule has 0 spiro atoms. The Morgan fingerprint density at radius 3 is 2.80 bits per heavy atom. The van der Waals surface area contributed by atoms with Gasteiger partial charge in [0.15, 0.2) is 0 Å². The van der Waals surface area contributed by atoms with E-state index in [0.717, 1.165) is 35.1 Å². The van der Waals surface area contributed by atoms with Crippen LogP contribution in [0.1, 0.15) is 31.0 Å². The van der Waals surface area contributed by atoms with Gasteiger partial charge in [-0.15, -0.1) is 0 Å². The number of rotatable bonds is 8. The van der Waals surface area contributed by atoms with Gasteiger partial charge in [-0.1, -0.05) is 24.9 Å². The fourth-order valence-corrected chi connectivity index (χ4v) is 4.37. The average molecular weight is 453 g/mol. The molecule has 2 aromatic heterocycles. The number of fused-ring (bicyclic) bond motifs is 1. The molecule has 0 fully saturated rings. The van der Waals surface area contributed by atoms with Gasteiger partial charge in [0.25, 0.3) is 0 Å². The maximum atomic E-state index is 12.3. The molecule has 0 aliphatic carbocycles. The van der Waals surface area contributed by atoms with Gasteiger partial charge in [0.05, 0.1) is 17.0 Å². The van der Waals surface area contributed by atoms with Gasteiger partial charge >= 0.3 is 16.2 Å². The van der Waals surface area contributed by atoms with Gasteiger partial charge in [0.2, 0.25) is 0 Å². The molecule has 30 heavy (non-hydrogen) atoms. The molecule has 1 amide bonds. The van der Waals surface area contributed by atoms with Gasteiger partial charge < -0.3 is 14.1 Å². The van der Waals surface area contributed by atoms with E-state index in [1.807, 2.05) is 42.8 Å². The summed E-state index contributed by atoms with van der Waals surface area (Å²) < 4.78 is 32.9. The van der Waals surface area contributed by atoms with Crippen LogP contribution in [0.5, 0.6) is 0 Å². The molecule has 0 bridgehead atoms. The lowest BCUT2D eigenvalue weighted by atomic mass is 10.2. The Morgan fingerprint density at radius 1 is 1.30 bits per heavy atom. The van der Waals surface area contributed by atoms with Crippen molar-refractivity contribution in [2.75, 3.05) is 12.3 Å². The summed E-state index contributed by atoms with van der Waals surface area (Å²) in [7, 11) is -2.23. The number of halogens is 1. The number of carbonyl (C=O) groups is 1. The zero-order valence-corrected chi connectivity index (χ0v) is 18.8. The van der Waals surface area contributed by atoms with Gasteiger partial charge in [0.1, 0.15) is 5.82 Å². The lowest BCUT2D eigenvalue weighted by Gasteiger charge is -2.11. The molecular formula is C20H25ClN4O4S. The number of nitrogens with zero attached hydrogens (tertiary/aromatic N) is 3. The van der Waals surface area contributed by atoms with E-state index < -0.39 is 16.2 Å². The Balaban J connectivity index is 1.81. The highest BCUT2D eigenvalue weighted by Crippen LogP contribution is 2.27. The van der Waals surface area contributed by atoms with Crippen molar-refractivity contribution in [1.29, 1.82) is 0 Å². The summed E-state index contributed by atoms with van der Waals surface area (Å²) in [6.07, 6.45) is 2.75. The third kappa shape index (κ3) is 4.96. The molecule has 10 heteroatoms. The van der Waals surface area contributed by atoms with Crippen LogP contribution in [0, 0.1) is 6.92 Å². The Labute approximate surface area is 180 Å². The van der Waals surface area contributed by atoms with Crippen molar-refractivity contribution in [3.8, 4) is 5.82 Å². The third-order valence-corrected chi connectivity index (χ3v) is 6.14. The van der Waals surface area contributed by atoms with Crippen molar-refractivity contribution >= 4 is 38.7 Å². The van der Waals surface area contributed by atoms with Crippen molar-refractivity contribution in [2.24, 2.45) is 7.05 Å². The van der Waals surface area contributed by atoms with E-state index in [1.54, 1.807) is 17.8 Å². The molecule has 3 rings (SSSR count). The Hall–Kier alpha value is -2.52. The zero-order valence-electron chi connectivity index (χ0n) is 17.2. The molecule has 0 atom stereocenters. The molecule has 8 nitrogen and oxygen atoms in total. The minimum atomic E-state index is -4.03. The van der Waals surface area contributed by atoms with Crippen molar-refractivity contribution in [2.45, 2.75) is 33.1 Å². The number of aryl methyl sites for hydroxylation is 2. The van der Waals surface area contributed by atoms with Gasteiger partial charge in [-0.3, -0.25) is 4.68 Å². The summed E-state index contributed by atoms with van der Waals surface area (Å²) in [5, 5.41) is 8.50. The second kappa shape index (κ2) is 9.09. The molecule has 1 aromatic carbocycles. The molecule has 0 radical (unpaired) electrons. The van der Waals surface area contributed by atoms with Crippen LogP contribution in [0.4, 0.5) is 4.79 Å². The Kier molecular flexibility index (Phi) is 6.72. The molecule has 0 saturated heterocycles. The molecule has 3 aromatic rings. The Morgan fingerprint density at radius 2 is 2.07 bits per heavy atom. The van der Waals surface area contributed by atoms with Crippen molar-refractivity contribution in [1.82, 2.24) is 19.7 Å². The highest BCUT2D eigenvalue weighted by atomic mass is 35.5. The van der Waals surface area contributed by atoms with Crippen LogP contribution >= 0.6 is 11.6 Å². The predicted molar refractivity (Wildman–Crippen MR) is 117 cm³/mol. The number of hydrogen-bond donors (Lipinski definition) is 1. The lowest BCUT2D eigenvalue weighted by Crippen LogP contribution is -2.29. The maximum absolute atomic E-state index is 12.3. The maximum Gasteiger partial charge on any atom is 0.422 e. The number of aromatic nitrogens is 3. The van der Waals surface area contributed by atoms with Crippen LogP contribution in [-0.4, -0.2) is 41.2 Å². The van der Waals surface area contributed by atoms with E-state index in [2.05, 4.69) is 14.6 Å². The first-order chi connectivity index (χ1) is 14.2. The quantitative estimate of drug-likeness (QED) is 0.415. The minimum absolute atomic E-state index is 0.160. The fourth-order valence-electron chi connectivity index (χ4n) is 3.36. The molecule has 162 valence electrons. The summed E-state index contributed by atoms with van der Waals surface area (Å²) in [6.45, 7) is 4.17. The normalized spacial score (nSPS) is 11.7. The smallest absolute Gasteiger partial charge is 0.328 e. The van der Waals surface area contributed by atoms with E-state index in [4.69, 9.17) is 11.6 Å². The van der Waals surface area contributed by atoms with E-state index in [-0.39, 0.29) is 12.2 Å². The largest absolute Gasteiger partial charge is 0.422 e. The monoisotopic (exact) mass is 452 g/mol.